The lowest BCUT2D eigenvalue weighted by Crippen LogP contribution is -2.23. The van der Waals surface area contributed by atoms with Crippen LogP contribution in [0.5, 0.6) is 11.6 Å². The molecule has 0 aliphatic carbocycles. The molecule has 1 unspecified atom stereocenters. The zero-order chi connectivity index (χ0) is 13.8. The lowest BCUT2D eigenvalue weighted by atomic mass is 10.3. The summed E-state index contributed by atoms with van der Waals surface area (Å²) in [5.41, 5.74) is 0. The molecule has 1 aromatic heterocycles. The number of rotatable bonds is 4. The number of halogens is 1. The molecule has 0 spiro atoms. The first-order chi connectivity index (χ1) is 9.81. The molecule has 0 saturated carbocycles. The third-order valence-electron chi connectivity index (χ3n) is 3.06. The van der Waals surface area contributed by atoms with Crippen molar-refractivity contribution in [2.75, 3.05) is 18.4 Å². The summed E-state index contributed by atoms with van der Waals surface area (Å²) in [6, 6.07) is 9.77. The van der Waals surface area contributed by atoms with Crippen molar-refractivity contribution < 1.29 is 4.74 Å². The zero-order valence-corrected chi connectivity index (χ0v) is 11.6. The standard InChI is InChI=1S/C14H15ClN4O/c15-12-9-17-14(18-10-6-7-16-8-10)19-13(12)20-11-4-2-1-3-5-11/h1-5,9-10,16H,6-8H2,(H,17,18,19). The second kappa shape index (κ2) is 6.07. The molecular formula is C14H15ClN4O. The molecule has 1 saturated heterocycles. The smallest absolute Gasteiger partial charge is 0.243 e. The van der Waals surface area contributed by atoms with Crippen LogP contribution in [0.1, 0.15) is 6.42 Å². The Hall–Kier alpha value is -1.85. The number of para-hydroxylation sites is 1. The summed E-state index contributed by atoms with van der Waals surface area (Å²) in [5.74, 6) is 1.59. The minimum absolute atomic E-state index is 0.348. The molecule has 1 atom stereocenters. The molecule has 2 N–H and O–H groups in total. The van der Waals surface area contributed by atoms with Crippen molar-refractivity contribution >= 4 is 17.5 Å². The highest BCUT2D eigenvalue weighted by Crippen LogP contribution is 2.27. The molecule has 1 fully saturated rings. The maximum Gasteiger partial charge on any atom is 0.243 e. The summed E-state index contributed by atoms with van der Waals surface area (Å²) in [5, 5.41) is 6.95. The van der Waals surface area contributed by atoms with E-state index >= 15 is 0 Å². The fourth-order valence-electron chi connectivity index (χ4n) is 2.05. The van der Waals surface area contributed by atoms with E-state index in [2.05, 4.69) is 20.6 Å². The van der Waals surface area contributed by atoms with Gasteiger partial charge in [-0.1, -0.05) is 29.8 Å². The van der Waals surface area contributed by atoms with Crippen LogP contribution in [0.4, 0.5) is 5.95 Å². The van der Waals surface area contributed by atoms with Gasteiger partial charge in [0.05, 0.1) is 6.20 Å². The molecule has 1 aromatic carbocycles. The van der Waals surface area contributed by atoms with Crippen molar-refractivity contribution in [3.05, 3.63) is 41.6 Å². The van der Waals surface area contributed by atoms with E-state index in [0.717, 1.165) is 19.5 Å². The van der Waals surface area contributed by atoms with E-state index < -0.39 is 0 Å². The fourth-order valence-corrected chi connectivity index (χ4v) is 2.18. The summed E-state index contributed by atoms with van der Waals surface area (Å²) < 4.78 is 5.68. The van der Waals surface area contributed by atoms with Gasteiger partial charge in [0.2, 0.25) is 11.8 Å². The van der Waals surface area contributed by atoms with Crippen LogP contribution >= 0.6 is 11.6 Å². The van der Waals surface area contributed by atoms with Crippen LogP contribution in [0, 0.1) is 0 Å². The van der Waals surface area contributed by atoms with Gasteiger partial charge in [-0.3, -0.25) is 0 Å². The summed E-state index contributed by atoms with van der Waals surface area (Å²) in [7, 11) is 0. The summed E-state index contributed by atoms with van der Waals surface area (Å²) in [6.07, 6.45) is 2.61. The molecule has 20 heavy (non-hydrogen) atoms. The maximum atomic E-state index is 6.07. The SMILES string of the molecule is Clc1cnc(NC2CCNC2)nc1Oc1ccccc1. The molecule has 2 aromatic rings. The van der Waals surface area contributed by atoms with Gasteiger partial charge in [0.25, 0.3) is 0 Å². The van der Waals surface area contributed by atoms with Crippen molar-refractivity contribution in [1.29, 1.82) is 0 Å². The Kier molecular flexibility index (Phi) is 3.99. The van der Waals surface area contributed by atoms with Crippen molar-refractivity contribution in [2.24, 2.45) is 0 Å². The highest BCUT2D eigenvalue weighted by atomic mass is 35.5. The van der Waals surface area contributed by atoms with Crippen molar-refractivity contribution in [3.63, 3.8) is 0 Å². The number of nitrogens with one attached hydrogen (secondary N) is 2. The van der Waals surface area contributed by atoms with Gasteiger partial charge in [-0.25, -0.2) is 4.98 Å². The second-order valence-electron chi connectivity index (χ2n) is 4.60. The molecule has 2 heterocycles. The van der Waals surface area contributed by atoms with E-state index in [1.54, 1.807) is 6.20 Å². The monoisotopic (exact) mass is 290 g/mol. The molecular weight excluding hydrogens is 276 g/mol. The van der Waals surface area contributed by atoms with Gasteiger partial charge in [0.15, 0.2) is 0 Å². The van der Waals surface area contributed by atoms with Crippen molar-refractivity contribution in [2.45, 2.75) is 12.5 Å². The number of anilines is 1. The van der Waals surface area contributed by atoms with E-state index in [9.17, 15) is 0 Å². The van der Waals surface area contributed by atoms with Gasteiger partial charge in [-0.2, -0.15) is 4.98 Å². The van der Waals surface area contributed by atoms with Crippen LogP contribution in [0.2, 0.25) is 5.02 Å². The Balaban J connectivity index is 1.76. The van der Waals surface area contributed by atoms with Crippen molar-refractivity contribution in [3.8, 4) is 11.6 Å². The Bertz CT molecular complexity index is 573. The first kappa shape index (κ1) is 13.1. The zero-order valence-electron chi connectivity index (χ0n) is 10.8. The summed E-state index contributed by atoms with van der Waals surface area (Å²) in [4.78, 5) is 8.51. The molecule has 104 valence electrons. The quantitative estimate of drug-likeness (QED) is 0.907. The molecule has 1 aliphatic rings. The maximum absolute atomic E-state index is 6.07. The predicted molar refractivity (Wildman–Crippen MR) is 78.5 cm³/mol. The van der Waals surface area contributed by atoms with Gasteiger partial charge in [-0.15, -0.1) is 0 Å². The lowest BCUT2D eigenvalue weighted by molar-refractivity contribution is 0.462. The minimum atomic E-state index is 0.348. The number of hydrogen-bond donors (Lipinski definition) is 2. The van der Waals surface area contributed by atoms with Gasteiger partial charge in [-0.05, 0) is 25.1 Å². The van der Waals surface area contributed by atoms with Crippen molar-refractivity contribution in [1.82, 2.24) is 15.3 Å². The number of hydrogen-bond acceptors (Lipinski definition) is 5. The number of ether oxygens (including phenoxy) is 1. The van der Waals surface area contributed by atoms with Gasteiger partial charge < -0.3 is 15.4 Å². The van der Waals surface area contributed by atoms with Crippen LogP contribution in [0.25, 0.3) is 0 Å². The fraction of sp³-hybridized carbons (Fsp3) is 0.286. The summed E-state index contributed by atoms with van der Waals surface area (Å²) in [6.45, 7) is 1.93. The largest absolute Gasteiger partial charge is 0.437 e. The van der Waals surface area contributed by atoms with Gasteiger partial charge in [0, 0.05) is 12.6 Å². The Labute approximate surface area is 122 Å². The topological polar surface area (TPSA) is 59.1 Å². The van der Waals surface area contributed by atoms with Crippen LogP contribution < -0.4 is 15.4 Å². The number of benzene rings is 1. The first-order valence-electron chi connectivity index (χ1n) is 6.54. The Morgan fingerprint density at radius 3 is 2.90 bits per heavy atom. The molecule has 0 radical (unpaired) electrons. The van der Waals surface area contributed by atoms with Gasteiger partial charge in [0.1, 0.15) is 10.8 Å². The third-order valence-corrected chi connectivity index (χ3v) is 3.32. The normalized spacial score (nSPS) is 17.9. The van der Waals surface area contributed by atoms with E-state index in [-0.39, 0.29) is 0 Å². The third kappa shape index (κ3) is 3.18. The van der Waals surface area contributed by atoms with Crippen LogP contribution in [-0.2, 0) is 0 Å². The highest BCUT2D eigenvalue weighted by Gasteiger charge is 2.16. The van der Waals surface area contributed by atoms with Crippen LogP contribution in [0.3, 0.4) is 0 Å². The lowest BCUT2D eigenvalue weighted by Gasteiger charge is -2.12. The average molecular weight is 291 g/mol. The number of aromatic nitrogens is 2. The Morgan fingerprint density at radius 2 is 2.15 bits per heavy atom. The van der Waals surface area contributed by atoms with E-state index in [4.69, 9.17) is 16.3 Å². The molecule has 5 nitrogen and oxygen atoms in total. The van der Waals surface area contributed by atoms with E-state index in [1.807, 2.05) is 30.3 Å². The average Bonchev–Trinajstić information content (AvgIpc) is 2.97. The molecule has 1 aliphatic heterocycles. The van der Waals surface area contributed by atoms with Gasteiger partial charge >= 0.3 is 0 Å². The molecule has 0 bridgehead atoms. The Morgan fingerprint density at radius 1 is 1.30 bits per heavy atom. The molecule has 6 heteroatoms. The molecule has 0 amide bonds. The van der Waals surface area contributed by atoms with Crippen LogP contribution in [-0.4, -0.2) is 29.1 Å². The van der Waals surface area contributed by atoms with E-state index in [1.165, 1.54) is 0 Å². The summed E-state index contributed by atoms with van der Waals surface area (Å²) >= 11 is 6.07. The predicted octanol–water partition coefficient (Wildman–Crippen LogP) is 2.70. The first-order valence-corrected chi connectivity index (χ1v) is 6.92. The molecule has 3 rings (SSSR count). The minimum Gasteiger partial charge on any atom is -0.437 e. The number of nitrogens with zero attached hydrogens (tertiary/aromatic N) is 2. The second-order valence-corrected chi connectivity index (χ2v) is 5.00. The van der Waals surface area contributed by atoms with E-state index in [0.29, 0.717) is 28.6 Å². The van der Waals surface area contributed by atoms with Crippen LogP contribution in [0.15, 0.2) is 36.5 Å². The highest BCUT2D eigenvalue weighted by molar-refractivity contribution is 6.31.